The van der Waals surface area contributed by atoms with E-state index in [9.17, 15) is 0 Å². The Morgan fingerprint density at radius 2 is 1.41 bits per heavy atom. The van der Waals surface area contributed by atoms with E-state index in [2.05, 4.69) is 72.0 Å². The normalized spacial score (nSPS) is 18.6. The van der Waals surface area contributed by atoms with Crippen molar-refractivity contribution in [1.29, 1.82) is 0 Å². The van der Waals surface area contributed by atoms with Gasteiger partial charge >= 0.3 is 0 Å². The molecule has 2 aliphatic rings. The molecule has 0 aliphatic carbocycles. The number of aliphatic imine (C=N–C) groups is 1. The fraction of sp³-hybridized carbons (Fsp3) is 0.435. The van der Waals surface area contributed by atoms with Gasteiger partial charge in [-0.1, -0.05) is 11.8 Å². The number of piperazine rings is 1. The second-order valence-corrected chi connectivity index (χ2v) is 9.19. The number of hydrogen-bond donors (Lipinski definition) is 0. The molecule has 6 heteroatoms. The molecule has 1 fully saturated rings. The van der Waals surface area contributed by atoms with E-state index < -0.39 is 0 Å². The fourth-order valence-corrected chi connectivity index (χ4v) is 4.91. The highest BCUT2D eigenvalue weighted by atomic mass is 32.2. The zero-order chi connectivity index (χ0) is 20.4. The first-order chi connectivity index (χ1) is 13.9. The number of anilines is 3. The van der Waals surface area contributed by atoms with Crippen molar-refractivity contribution in [3.05, 3.63) is 48.5 Å². The fourth-order valence-electron chi connectivity index (χ4n) is 3.75. The van der Waals surface area contributed by atoms with Gasteiger partial charge in [-0.15, -0.1) is 0 Å². The summed E-state index contributed by atoms with van der Waals surface area (Å²) in [4.78, 5) is 11.9. The van der Waals surface area contributed by atoms with Crippen LogP contribution in [0.2, 0.25) is 0 Å². The molecule has 0 atom stereocenters. The maximum absolute atomic E-state index is 5.26. The average molecular weight is 411 g/mol. The SMILES string of the molecule is COc1ccc(N2CCN(c3ccc(N(C)C4=NC(C)(C)CS4)cc3)CC2)cc1. The van der Waals surface area contributed by atoms with Crippen molar-refractivity contribution in [2.24, 2.45) is 4.99 Å². The Morgan fingerprint density at radius 3 is 1.86 bits per heavy atom. The number of amidine groups is 1. The smallest absolute Gasteiger partial charge is 0.164 e. The highest BCUT2D eigenvalue weighted by Crippen LogP contribution is 2.31. The molecule has 2 heterocycles. The molecule has 0 N–H and O–H groups in total. The highest BCUT2D eigenvalue weighted by Gasteiger charge is 2.27. The van der Waals surface area contributed by atoms with Gasteiger partial charge in [0.05, 0.1) is 12.6 Å². The lowest BCUT2D eigenvalue weighted by Crippen LogP contribution is -2.46. The van der Waals surface area contributed by atoms with Crippen molar-refractivity contribution in [2.75, 3.05) is 60.8 Å². The summed E-state index contributed by atoms with van der Waals surface area (Å²) >= 11 is 1.84. The number of thioether (sulfide) groups is 1. The van der Waals surface area contributed by atoms with Crippen LogP contribution in [0.15, 0.2) is 53.5 Å². The molecule has 2 aromatic rings. The van der Waals surface area contributed by atoms with Crippen LogP contribution in [-0.2, 0) is 0 Å². The molecule has 29 heavy (non-hydrogen) atoms. The third-order valence-electron chi connectivity index (χ3n) is 5.56. The van der Waals surface area contributed by atoms with Gasteiger partial charge in [-0.2, -0.15) is 0 Å². The van der Waals surface area contributed by atoms with E-state index in [0.717, 1.165) is 42.8 Å². The second kappa shape index (κ2) is 8.19. The lowest BCUT2D eigenvalue weighted by atomic mass is 10.1. The van der Waals surface area contributed by atoms with Crippen LogP contribution in [0.5, 0.6) is 5.75 Å². The van der Waals surface area contributed by atoms with Crippen LogP contribution >= 0.6 is 11.8 Å². The van der Waals surface area contributed by atoms with Crippen molar-refractivity contribution < 1.29 is 4.74 Å². The number of hydrogen-bond acceptors (Lipinski definition) is 6. The first-order valence-corrected chi connectivity index (χ1v) is 11.1. The minimum atomic E-state index is 0.0394. The van der Waals surface area contributed by atoms with E-state index in [-0.39, 0.29) is 5.54 Å². The van der Waals surface area contributed by atoms with E-state index in [4.69, 9.17) is 9.73 Å². The van der Waals surface area contributed by atoms with Crippen LogP contribution in [0.4, 0.5) is 17.1 Å². The zero-order valence-electron chi connectivity index (χ0n) is 17.8. The molecule has 0 radical (unpaired) electrons. The molecule has 0 aromatic heterocycles. The van der Waals surface area contributed by atoms with Gasteiger partial charge < -0.3 is 19.4 Å². The van der Waals surface area contributed by atoms with Crippen molar-refractivity contribution in [3.63, 3.8) is 0 Å². The number of ether oxygens (including phenoxy) is 1. The average Bonchev–Trinajstić information content (AvgIpc) is 3.13. The van der Waals surface area contributed by atoms with Gasteiger partial charge in [0.2, 0.25) is 0 Å². The molecule has 0 amide bonds. The van der Waals surface area contributed by atoms with E-state index in [1.165, 1.54) is 17.1 Å². The monoisotopic (exact) mass is 410 g/mol. The quantitative estimate of drug-likeness (QED) is 0.748. The molecule has 2 aromatic carbocycles. The van der Waals surface area contributed by atoms with Gasteiger partial charge in [-0.3, -0.25) is 4.99 Å². The Morgan fingerprint density at radius 1 is 0.897 bits per heavy atom. The first kappa shape index (κ1) is 20.0. The molecule has 0 unspecified atom stereocenters. The van der Waals surface area contributed by atoms with E-state index >= 15 is 0 Å². The van der Waals surface area contributed by atoms with Crippen LogP contribution < -0.4 is 19.4 Å². The zero-order valence-corrected chi connectivity index (χ0v) is 18.6. The molecule has 0 saturated carbocycles. The van der Waals surface area contributed by atoms with Crippen LogP contribution in [0.25, 0.3) is 0 Å². The van der Waals surface area contributed by atoms with Gasteiger partial charge in [0, 0.05) is 56.0 Å². The van der Waals surface area contributed by atoms with Crippen LogP contribution in [-0.4, -0.2) is 56.8 Å². The molecule has 154 valence electrons. The topological polar surface area (TPSA) is 31.3 Å². The summed E-state index contributed by atoms with van der Waals surface area (Å²) in [5.74, 6) is 1.95. The molecular weight excluding hydrogens is 380 g/mol. The van der Waals surface area contributed by atoms with E-state index in [1.54, 1.807) is 7.11 Å². The number of nitrogens with zero attached hydrogens (tertiary/aromatic N) is 4. The number of benzene rings is 2. The van der Waals surface area contributed by atoms with Crippen LogP contribution in [0.1, 0.15) is 13.8 Å². The lowest BCUT2D eigenvalue weighted by Gasteiger charge is -2.37. The summed E-state index contributed by atoms with van der Waals surface area (Å²) in [6, 6.07) is 17.2. The summed E-state index contributed by atoms with van der Waals surface area (Å²) in [5.41, 5.74) is 3.78. The maximum Gasteiger partial charge on any atom is 0.164 e. The van der Waals surface area contributed by atoms with Crippen molar-refractivity contribution in [3.8, 4) is 5.75 Å². The highest BCUT2D eigenvalue weighted by molar-refractivity contribution is 8.14. The standard InChI is InChI=1S/C23H30N4OS/c1-23(2)17-29-22(24-23)25(3)18-5-7-19(8-6-18)26-13-15-27(16-14-26)20-9-11-21(28-4)12-10-20/h5-12H,13-17H2,1-4H3. The third-order valence-corrected chi connectivity index (χ3v) is 7.03. The largest absolute Gasteiger partial charge is 0.497 e. The summed E-state index contributed by atoms with van der Waals surface area (Å²) in [6.07, 6.45) is 0. The second-order valence-electron chi connectivity index (χ2n) is 8.24. The Bertz CT molecular complexity index is 855. The van der Waals surface area contributed by atoms with Crippen LogP contribution in [0.3, 0.4) is 0 Å². The summed E-state index contributed by atoms with van der Waals surface area (Å²) in [5, 5.41) is 1.11. The molecule has 0 bridgehead atoms. The molecule has 1 saturated heterocycles. The number of methoxy groups -OCH3 is 1. The minimum Gasteiger partial charge on any atom is -0.497 e. The van der Waals surface area contributed by atoms with Crippen LogP contribution in [0, 0.1) is 0 Å². The molecular formula is C23H30N4OS. The van der Waals surface area contributed by atoms with E-state index in [0.29, 0.717) is 0 Å². The van der Waals surface area contributed by atoms with Gasteiger partial charge in [0.15, 0.2) is 5.17 Å². The van der Waals surface area contributed by atoms with Crippen molar-refractivity contribution in [1.82, 2.24) is 0 Å². The predicted molar refractivity (Wildman–Crippen MR) is 126 cm³/mol. The Kier molecular flexibility index (Phi) is 5.63. The summed E-state index contributed by atoms with van der Waals surface area (Å²) in [7, 11) is 3.81. The molecule has 0 spiro atoms. The minimum absolute atomic E-state index is 0.0394. The van der Waals surface area contributed by atoms with Crippen molar-refractivity contribution in [2.45, 2.75) is 19.4 Å². The first-order valence-electron chi connectivity index (χ1n) is 10.2. The Hall–Kier alpha value is -2.34. The Labute approximate surface area is 178 Å². The molecule has 4 rings (SSSR count). The molecule has 5 nitrogen and oxygen atoms in total. The third kappa shape index (κ3) is 4.47. The lowest BCUT2D eigenvalue weighted by molar-refractivity contribution is 0.415. The van der Waals surface area contributed by atoms with Gasteiger partial charge in [-0.25, -0.2) is 0 Å². The predicted octanol–water partition coefficient (Wildman–Crippen LogP) is 4.34. The summed E-state index contributed by atoms with van der Waals surface area (Å²) < 4.78 is 5.26. The Balaban J connectivity index is 1.36. The van der Waals surface area contributed by atoms with Gasteiger partial charge in [0.25, 0.3) is 0 Å². The number of rotatable bonds is 4. The van der Waals surface area contributed by atoms with Gasteiger partial charge in [-0.05, 0) is 62.4 Å². The van der Waals surface area contributed by atoms with E-state index in [1.807, 2.05) is 23.9 Å². The summed E-state index contributed by atoms with van der Waals surface area (Å²) in [6.45, 7) is 8.48. The maximum atomic E-state index is 5.26. The van der Waals surface area contributed by atoms with Gasteiger partial charge in [0.1, 0.15) is 5.75 Å². The van der Waals surface area contributed by atoms with Crippen molar-refractivity contribution >= 4 is 34.0 Å². The molecule has 2 aliphatic heterocycles.